The van der Waals surface area contributed by atoms with Crippen molar-refractivity contribution in [2.75, 3.05) is 37.3 Å². The number of sulfonamides is 1. The van der Waals surface area contributed by atoms with E-state index >= 15 is 0 Å². The number of nitrogens with zero attached hydrogens (tertiary/aromatic N) is 2. The number of amides is 1. The first-order valence-corrected chi connectivity index (χ1v) is 16.5. The molecule has 234 valence electrons. The van der Waals surface area contributed by atoms with Gasteiger partial charge >= 0.3 is 6.61 Å². The Labute approximate surface area is 258 Å². The number of carbonyl (C=O) groups excluding carboxylic acids is 1. The number of ether oxygens (including phenoxy) is 2. The van der Waals surface area contributed by atoms with E-state index in [1.165, 1.54) is 30.8 Å². The predicted molar refractivity (Wildman–Crippen MR) is 156 cm³/mol. The van der Waals surface area contributed by atoms with Crippen molar-refractivity contribution in [3.05, 3.63) is 52.8 Å². The number of likely N-dealkylation sites (tertiary alicyclic amines) is 1. The normalized spacial score (nSPS) is 20.3. The topological polar surface area (TPSA) is 121 Å². The Morgan fingerprint density at radius 3 is 2.63 bits per heavy atom. The Balaban J connectivity index is 1.49. The fourth-order valence-corrected chi connectivity index (χ4v) is 7.21. The van der Waals surface area contributed by atoms with Gasteiger partial charge in [-0.25, -0.2) is 17.5 Å². The highest BCUT2D eigenvalue weighted by Gasteiger charge is 2.38. The first-order valence-electron chi connectivity index (χ1n) is 13.6. The lowest BCUT2D eigenvalue weighted by Gasteiger charge is -2.39. The van der Waals surface area contributed by atoms with Crippen molar-refractivity contribution in [3.8, 4) is 6.07 Å². The molecule has 2 aliphatic heterocycles. The van der Waals surface area contributed by atoms with Gasteiger partial charge in [-0.2, -0.15) is 14.0 Å². The number of hydrogen-bond acceptors (Lipinski definition) is 9. The first-order chi connectivity index (χ1) is 20.4. The van der Waals surface area contributed by atoms with E-state index in [0.717, 1.165) is 29.9 Å². The second-order valence-corrected chi connectivity index (χ2v) is 13.8. The molecular formula is C28H32ClF3N4O5S2. The van der Waals surface area contributed by atoms with Crippen molar-refractivity contribution in [2.45, 2.75) is 66.8 Å². The molecule has 0 saturated carbocycles. The number of carbonyl (C=O) groups is 1. The number of alkyl halides is 2. The van der Waals surface area contributed by atoms with E-state index in [4.69, 9.17) is 16.3 Å². The minimum Gasteiger partial charge on any atom is -0.379 e. The molecule has 0 unspecified atom stereocenters. The molecule has 2 aromatic carbocycles. The number of benzene rings is 2. The quantitative estimate of drug-likeness (QED) is 0.286. The molecule has 15 heteroatoms. The van der Waals surface area contributed by atoms with E-state index in [-0.39, 0.29) is 33.0 Å². The van der Waals surface area contributed by atoms with Gasteiger partial charge in [0.1, 0.15) is 17.5 Å². The van der Waals surface area contributed by atoms with Gasteiger partial charge in [-0.1, -0.05) is 11.6 Å². The average Bonchev–Trinajstić information content (AvgIpc) is 2.94. The minimum absolute atomic E-state index is 0.0434. The van der Waals surface area contributed by atoms with Gasteiger partial charge in [0.25, 0.3) is 15.9 Å². The third-order valence-electron chi connectivity index (χ3n) is 7.30. The average molecular weight is 661 g/mol. The van der Waals surface area contributed by atoms with Crippen molar-refractivity contribution in [3.63, 3.8) is 0 Å². The maximum Gasteiger partial charge on any atom is 0.345 e. The maximum absolute atomic E-state index is 13.4. The fraction of sp³-hybridized carbons (Fsp3) is 0.500. The van der Waals surface area contributed by atoms with Gasteiger partial charge in [0.15, 0.2) is 0 Å². The fourth-order valence-electron chi connectivity index (χ4n) is 4.78. The van der Waals surface area contributed by atoms with Gasteiger partial charge in [0.2, 0.25) is 0 Å². The standard InChI is InChI=1S/C28H32ClF3N4O5S2/c1-28(9-2-3-11-40-28)26(37)35-43(38,39)23-12-18(14-33)25(24(29)13-23)34-20(17-42-22-6-4-19(30)5-7-22)8-10-36-15-21(16-36)41-27(31)32/h4-7,12-13,20-21,27,34H,2-3,8-11,15-17H2,1H3,(H,35,37)/t20-,28-/m1/s1. The molecule has 9 nitrogen and oxygen atoms in total. The highest BCUT2D eigenvalue weighted by molar-refractivity contribution is 7.99. The molecule has 4 rings (SSSR count). The first kappa shape index (κ1) is 33.4. The summed E-state index contributed by atoms with van der Waals surface area (Å²) in [5.41, 5.74) is -1.12. The van der Waals surface area contributed by atoms with Crippen LogP contribution in [-0.4, -0.2) is 75.6 Å². The van der Waals surface area contributed by atoms with Crippen molar-refractivity contribution >= 4 is 45.0 Å². The van der Waals surface area contributed by atoms with Crippen LogP contribution in [-0.2, 0) is 24.3 Å². The SMILES string of the molecule is C[C@]1(C(=O)NS(=O)(=O)c2cc(Cl)c(N[C@H](CCN3CC(OC(F)F)C3)CSc3ccc(F)cc3)c(C#N)c2)CCCCO1. The Hall–Kier alpha value is -2.54. The summed E-state index contributed by atoms with van der Waals surface area (Å²) in [5, 5.41) is 13.1. The number of rotatable bonds is 13. The zero-order chi connectivity index (χ0) is 31.2. The lowest BCUT2D eigenvalue weighted by atomic mass is 9.95. The van der Waals surface area contributed by atoms with Gasteiger partial charge in [0, 0.05) is 42.9 Å². The zero-order valence-corrected chi connectivity index (χ0v) is 25.7. The molecule has 0 radical (unpaired) electrons. The zero-order valence-electron chi connectivity index (χ0n) is 23.3. The highest BCUT2D eigenvalue weighted by atomic mass is 35.5. The van der Waals surface area contributed by atoms with Crippen LogP contribution in [0, 0.1) is 17.1 Å². The smallest absolute Gasteiger partial charge is 0.345 e. The number of nitrogens with one attached hydrogen (secondary N) is 2. The summed E-state index contributed by atoms with van der Waals surface area (Å²) >= 11 is 7.95. The Kier molecular flexibility index (Phi) is 11.2. The number of thioether (sulfide) groups is 1. The van der Waals surface area contributed by atoms with Crippen LogP contribution in [0.4, 0.5) is 18.9 Å². The molecule has 0 aliphatic carbocycles. The monoisotopic (exact) mass is 660 g/mol. The summed E-state index contributed by atoms with van der Waals surface area (Å²) in [5.74, 6) is -0.699. The Morgan fingerprint density at radius 2 is 2.00 bits per heavy atom. The van der Waals surface area contributed by atoms with Crippen LogP contribution in [0.1, 0.15) is 38.2 Å². The summed E-state index contributed by atoms with van der Waals surface area (Å²) in [6, 6.07) is 9.94. The number of hydrogen-bond donors (Lipinski definition) is 2. The third kappa shape index (κ3) is 8.99. The second kappa shape index (κ2) is 14.5. The Morgan fingerprint density at radius 1 is 1.28 bits per heavy atom. The van der Waals surface area contributed by atoms with Gasteiger partial charge in [-0.15, -0.1) is 11.8 Å². The van der Waals surface area contributed by atoms with Crippen LogP contribution in [0.15, 0.2) is 46.2 Å². The lowest BCUT2D eigenvalue weighted by molar-refractivity contribution is -0.195. The molecular weight excluding hydrogens is 629 g/mol. The van der Waals surface area contributed by atoms with Crippen LogP contribution in [0.3, 0.4) is 0 Å². The van der Waals surface area contributed by atoms with Gasteiger partial charge in [-0.3, -0.25) is 9.69 Å². The van der Waals surface area contributed by atoms with E-state index in [0.29, 0.717) is 44.8 Å². The van der Waals surface area contributed by atoms with Crippen LogP contribution >= 0.6 is 23.4 Å². The number of halogens is 4. The van der Waals surface area contributed by atoms with Crippen LogP contribution < -0.4 is 10.0 Å². The summed E-state index contributed by atoms with van der Waals surface area (Å²) in [4.78, 5) is 15.2. The molecule has 0 spiro atoms. The van der Waals surface area contributed by atoms with E-state index in [9.17, 15) is 31.6 Å². The van der Waals surface area contributed by atoms with E-state index < -0.39 is 34.2 Å². The largest absolute Gasteiger partial charge is 0.379 e. The molecule has 0 bridgehead atoms. The molecule has 2 fully saturated rings. The predicted octanol–water partition coefficient (Wildman–Crippen LogP) is 5.00. The lowest BCUT2D eigenvalue weighted by Crippen LogP contribution is -2.53. The van der Waals surface area contributed by atoms with Crippen LogP contribution in [0.2, 0.25) is 5.02 Å². The molecule has 2 N–H and O–H groups in total. The molecule has 2 aliphatic rings. The molecule has 1 amide bonds. The molecule has 2 atom stereocenters. The molecule has 43 heavy (non-hydrogen) atoms. The van der Waals surface area contributed by atoms with Gasteiger partial charge in [0.05, 0.1) is 27.3 Å². The van der Waals surface area contributed by atoms with Crippen molar-refractivity contribution in [1.29, 1.82) is 5.26 Å². The number of nitriles is 1. The van der Waals surface area contributed by atoms with Crippen molar-refractivity contribution in [1.82, 2.24) is 9.62 Å². The molecule has 0 aromatic heterocycles. The minimum atomic E-state index is -4.38. The van der Waals surface area contributed by atoms with E-state index in [2.05, 4.69) is 14.8 Å². The summed E-state index contributed by atoms with van der Waals surface area (Å²) in [6.45, 7) is 0.294. The van der Waals surface area contributed by atoms with Gasteiger partial charge < -0.3 is 14.8 Å². The second-order valence-electron chi connectivity index (χ2n) is 10.6. The van der Waals surface area contributed by atoms with E-state index in [1.807, 2.05) is 11.0 Å². The third-order valence-corrected chi connectivity index (χ3v) is 10.1. The Bertz CT molecular complexity index is 1430. The molecule has 2 saturated heterocycles. The number of anilines is 1. The summed E-state index contributed by atoms with van der Waals surface area (Å²) in [7, 11) is -4.38. The van der Waals surface area contributed by atoms with Crippen LogP contribution in [0.25, 0.3) is 0 Å². The summed E-state index contributed by atoms with van der Waals surface area (Å²) in [6.07, 6.45) is 1.85. The van der Waals surface area contributed by atoms with Crippen molar-refractivity contribution < 1.29 is 35.9 Å². The molecule has 2 aromatic rings. The highest BCUT2D eigenvalue weighted by Crippen LogP contribution is 2.33. The van der Waals surface area contributed by atoms with Crippen molar-refractivity contribution in [2.24, 2.45) is 0 Å². The van der Waals surface area contributed by atoms with E-state index in [1.54, 1.807) is 12.1 Å². The summed E-state index contributed by atoms with van der Waals surface area (Å²) < 4.78 is 76.6. The van der Waals surface area contributed by atoms with Crippen LogP contribution in [0.5, 0.6) is 0 Å². The molecule has 2 heterocycles. The maximum atomic E-state index is 13.4. The van der Waals surface area contributed by atoms with Gasteiger partial charge in [-0.05, 0) is 69.0 Å².